The van der Waals surface area contributed by atoms with Crippen LogP contribution in [0.15, 0.2) is 24.3 Å². The highest BCUT2D eigenvalue weighted by Crippen LogP contribution is 2.13. The Labute approximate surface area is 134 Å². The monoisotopic (exact) mass is 330 g/mol. The first-order valence-electron chi connectivity index (χ1n) is 6.48. The van der Waals surface area contributed by atoms with Crippen molar-refractivity contribution in [2.45, 2.75) is 19.4 Å². The Balaban J connectivity index is 0.00000441. The highest BCUT2D eigenvalue weighted by molar-refractivity contribution is 5.97. The van der Waals surface area contributed by atoms with E-state index in [9.17, 15) is 19.7 Å². The number of nitrogens with zero attached hydrogens (tertiary/aromatic N) is 1. The molecule has 0 saturated heterocycles. The van der Waals surface area contributed by atoms with Crippen molar-refractivity contribution < 1.29 is 14.5 Å². The third-order valence-electron chi connectivity index (χ3n) is 2.74. The number of carbonyl (C=O) groups excluding carboxylic acids is 2. The van der Waals surface area contributed by atoms with Crippen molar-refractivity contribution in [1.29, 1.82) is 0 Å². The Morgan fingerprint density at radius 2 is 2.09 bits per heavy atom. The predicted octanol–water partition coefficient (Wildman–Crippen LogP) is 0.600. The maximum atomic E-state index is 11.9. The minimum Gasteiger partial charge on any atom is -0.354 e. The number of benzene rings is 1. The molecular formula is C13H19ClN4O4. The Bertz CT molecular complexity index is 539. The minimum atomic E-state index is -0.741. The molecule has 122 valence electrons. The number of non-ortho nitro benzene ring substituents is 1. The SMILES string of the molecule is CC(NC(=O)c1cccc([N+](=O)[O-])c1)C(=O)NCCCN.Cl. The number of nitro groups is 1. The van der Waals surface area contributed by atoms with Gasteiger partial charge < -0.3 is 16.4 Å². The van der Waals surface area contributed by atoms with Crippen LogP contribution in [0.25, 0.3) is 0 Å². The number of amides is 2. The van der Waals surface area contributed by atoms with Crippen molar-refractivity contribution in [2.75, 3.05) is 13.1 Å². The van der Waals surface area contributed by atoms with Crippen LogP contribution in [0.5, 0.6) is 0 Å². The highest BCUT2D eigenvalue weighted by Gasteiger charge is 2.17. The van der Waals surface area contributed by atoms with Gasteiger partial charge in [0.2, 0.25) is 5.91 Å². The lowest BCUT2D eigenvalue weighted by Crippen LogP contribution is -2.45. The van der Waals surface area contributed by atoms with E-state index in [1.165, 1.54) is 25.1 Å². The lowest BCUT2D eigenvalue weighted by atomic mass is 10.1. The average molecular weight is 331 g/mol. The second-order valence-corrected chi connectivity index (χ2v) is 4.44. The first-order chi connectivity index (χ1) is 9.95. The molecule has 0 saturated carbocycles. The van der Waals surface area contributed by atoms with Crippen molar-refractivity contribution in [1.82, 2.24) is 10.6 Å². The Hall–Kier alpha value is -2.19. The van der Waals surface area contributed by atoms with E-state index in [1.54, 1.807) is 0 Å². The summed E-state index contributed by atoms with van der Waals surface area (Å²) in [7, 11) is 0. The highest BCUT2D eigenvalue weighted by atomic mass is 35.5. The van der Waals surface area contributed by atoms with Crippen LogP contribution in [-0.4, -0.2) is 35.9 Å². The van der Waals surface area contributed by atoms with Gasteiger partial charge in [-0.05, 0) is 26.0 Å². The molecule has 0 spiro atoms. The predicted molar refractivity (Wildman–Crippen MR) is 84.0 cm³/mol. The zero-order valence-corrected chi connectivity index (χ0v) is 12.9. The van der Waals surface area contributed by atoms with E-state index in [1.807, 2.05) is 0 Å². The lowest BCUT2D eigenvalue weighted by Gasteiger charge is -2.13. The number of carbonyl (C=O) groups is 2. The van der Waals surface area contributed by atoms with Gasteiger partial charge in [0.05, 0.1) is 4.92 Å². The summed E-state index contributed by atoms with van der Waals surface area (Å²) >= 11 is 0. The van der Waals surface area contributed by atoms with Crippen LogP contribution in [0, 0.1) is 10.1 Å². The van der Waals surface area contributed by atoms with Gasteiger partial charge >= 0.3 is 0 Å². The van der Waals surface area contributed by atoms with E-state index in [-0.39, 0.29) is 29.6 Å². The molecule has 22 heavy (non-hydrogen) atoms. The molecule has 4 N–H and O–H groups in total. The minimum absolute atomic E-state index is 0. The third-order valence-corrected chi connectivity index (χ3v) is 2.74. The molecule has 1 aromatic rings. The summed E-state index contributed by atoms with van der Waals surface area (Å²) in [4.78, 5) is 33.7. The third kappa shape index (κ3) is 6.06. The fourth-order valence-electron chi connectivity index (χ4n) is 1.57. The first-order valence-corrected chi connectivity index (χ1v) is 6.48. The quantitative estimate of drug-likeness (QED) is 0.383. The summed E-state index contributed by atoms with van der Waals surface area (Å²) in [6.07, 6.45) is 0.650. The molecule has 1 rings (SSSR count). The van der Waals surface area contributed by atoms with Crippen molar-refractivity contribution in [3.8, 4) is 0 Å². The topological polar surface area (TPSA) is 127 Å². The molecule has 0 aliphatic carbocycles. The van der Waals surface area contributed by atoms with Crippen LogP contribution in [0.2, 0.25) is 0 Å². The summed E-state index contributed by atoms with van der Waals surface area (Å²) in [6.45, 7) is 2.44. The molecule has 1 atom stereocenters. The van der Waals surface area contributed by atoms with Gasteiger partial charge in [-0.2, -0.15) is 0 Å². The van der Waals surface area contributed by atoms with Crippen LogP contribution in [0.4, 0.5) is 5.69 Å². The summed E-state index contributed by atoms with van der Waals surface area (Å²) in [5.41, 5.74) is 5.26. The lowest BCUT2D eigenvalue weighted by molar-refractivity contribution is -0.384. The number of nitro benzene ring substituents is 1. The number of hydrogen-bond acceptors (Lipinski definition) is 5. The zero-order valence-electron chi connectivity index (χ0n) is 12.1. The molecule has 8 nitrogen and oxygen atoms in total. The van der Waals surface area contributed by atoms with Crippen LogP contribution < -0.4 is 16.4 Å². The van der Waals surface area contributed by atoms with E-state index >= 15 is 0 Å². The van der Waals surface area contributed by atoms with Gasteiger partial charge in [0, 0.05) is 24.2 Å². The van der Waals surface area contributed by atoms with Crippen LogP contribution in [0.3, 0.4) is 0 Å². The van der Waals surface area contributed by atoms with Crippen LogP contribution in [0.1, 0.15) is 23.7 Å². The second kappa shape index (κ2) is 9.69. The smallest absolute Gasteiger partial charge is 0.270 e. The van der Waals surface area contributed by atoms with E-state index in [4.69, 9.17) is 5.73 Å². The van der Waals surface area contributed by atoms with E-state index in [0.717, 1.165) is 6.07 Å². The molecule has 0 heterocycles. The number of nitrogens with one attached hydrogen (secondary N) is 2. The van der Waals surface area contributed by atoms with Crippen molar-refractivity contribution in [2.24, 2.45) is 5.73 Å². The average Bonchev–Trinajstić information content (AvgIpc) is 2.47. The maximum Gasteiger partial charge on any atom is 0.270 e. The molecule has 1 aromatic carbocycles. The summed E-state index contributed by atoms with van der Waals surface area (Å²) in [6, 6.07) is 4.57. The fraction of sp³-hybridized carbons (Fsp3) is 0.385. The Kier molecular flexibility index (Phi) is 8.73. The van der Waals surface area contributed by atoms with E-state index < -0.39 is 16.9 Å². The standard InChI is InChI=1S/C13H18N4O4.ClH/c1-9(12(18)15-7-3-6-14)16-13(19)10-4-2-5-11(8-10)17(20)21;/h2,4-5,8-9H,3,6-7,14H2,1H3,(H,15,18)(H,16,19);1H. The molecule has 1 unspecified atom stereocenters. The molecular weight excluding hydrogens is 312 g/mol. The molecule has 0 radical (unpaired) electrons. The molecule has 9 heteroatoms. The summed E-state index contributed by atoms with van der Waals surface area (Å²) in [5.74, 6) is -0.873. The normalized spacial score (nSPS) is 11.0. The molecule has 0 fully saturated rings. The van der Waals surface area contributed by atoms with Gasteiger partial charge in [0.25, 0.3) is 11.6 Å². The molecule has 0 aliphatic heterocycles. The van der Waals surface area contributed by atoms with Crippen molar-refractivity contribution in [3.63, 3.8) is 0 Å². The van der Waals surface area contributed by atoms with Gasteiger partial charge in [-0.25, -0.2) is 0 Å². The maximum absolute atomic E-state index is 11.9. The Morgan fingerprint density at radius 1 is 1.41 bits per heavy atom. The zero-order chi connectivity index (χ0) is 15.8. The van der Waals surface area contributed by atoms with Crippen LogP contribution in [-0.2, 0) is 4.79 Å². The number of halogens is 1. The Morgan fingerprint density at radius 3 is 2.68 bits per heavy atom. The molecule has 0 aromatic heterocycles. The first kappa shape index (κ1) is 19.8. The van der Waals surface area contributed by atoms with Crippen LogP contribution >= 0.6 is 12.4 Å². The molecule has 0 aliphatic rings. The van der Waals surface area contributed by atoms with Gasteiger partial charge in [-0.1, -0.05) is 6.07 Å². The van der Waals surface area contributed by atoms with Crippen molar-refractivity contribution in [3.05, 3.63) is 39.9 Å². The number of nitrogens with two attached hydrogens (primary N) is 1. The van der Waals surface area contributed by atoms with Gasteiger partial charge in [0.15, 0.2) is 0 Å². The van der Waals surface area contributed by atoms with Gasteiger partial charge in [-0.3, -0.25) is 19.7 Å². The number of rotatable bonds is 7. The van der Waals surface area contributed by atoms with E-state index in [0.29, 0.717) is 19.5 Å². The number of hydrogen-bond donors (Lipinski definition) is 3. The largest absolute Gasteiger partial charge is 0.354 e. The molecule has 2 amide bonds. The molecule has 0 bridgehead atoms. The van der Waals surface area contributed by atoms with E-state index in [2.05, 4.69) is 10.6 Å². The summed E-state index contributed by atoms with van der Waals surface area (Å²) in [5, 5.41) is 15.8. The van der Waals surface area contributed by atoms with Gasteiger partial charge in [-0.15, -0.1) is 12.4 Å². The van der Waals surface area contributed by atoms with Crippen molar-refractivity contribution >= 4 is 29.9 Å². The fourth-order valence-corrected chi connectivity index (χ4v) is 1.57. The summed E-state index contributed by atoms with van der Waals surface area (Å²) < 4.78 is 0. The second-order valence-electron chi connectivity index (χ2n) is 4.44. The van der Waals surface area contributed by atoms with Gasteiger partial charge in [0.1, 0.15) is 6.04 Å².